The highest BCUT2D eigenvalue weighted by Gasteiger charge is 2.16. The maximum absolute atomic E-state index is 12.5. The third-order valence-electron chi connectivity index (χ3n) is 5.34. The summed E-state index contributed by atoms with van der Waals surface area (Å²) >= 11 is 17.6. The Morgan fingerprint density at radius 3 is 2.50 bits per heavy atom. The molecule has 5 nitrogen and oxygen atoms in total. The van der Waals surface area contributed by atoms with Crippen LogP contribution in [-0.2, 0) is 6.54 Å². The lowest BCUT2D eigenvalue weighted by molar-refractivity contribution is 0.0951. The van der Waals surface area contributed by atoms with Crippen molar-refractivity contribution in [1.82, 2.24) is 10.2 Å². The highest BCUT2D eigenvalue weighted by atomic mass is 35.5. The largest absolute Gasteiger partial charge is 0.451 e. The summed E-state index contributed by atoms with van der Waals surface area (Å²) in [6.07, 6.45) is 3.88. The summed E-state index contributed by atoms with van der Waals surface area (Å²) in [6, 6.07) is 16.5. The molecule has 2 N–H and O–H groups in total. The Bertz CT molecular complexity index is 1110. The van der Waals surface area contributed by atoms with Crippen LogP contribution in [0.1, 0.15) is 35.4 Å². The number of amides is 1. The van der Waals surface area contributed by atoms with Crippen LogP contribution >= 0.6 is 35.4 Å². The normalized spacial score (nSPS) is 14.2. The van der Waals surface area contributed by atoms with Gasteiger partial charge in [-0.15, -0.1) is 0 Å². The fourth-order valence-electron chi connectivity index (χ4n) is 3.70. The summed E-state index contributed by atoms with van der Waals surface area (Å²) in [6.45, 7) is 3.28. The first-order valence-corrected chi connectivity index (χ1v) is 11.6. The number of nitrogens with one attached hydrogen (secondary N) is 2. The quantitative estimate of drug-likeness (QED) is 0.409. The average Bonchev–Trinajstić information content (AvgIpc) is 3.28. The van der Waals surface area contributed by atoms with Crippen LogP contribution in [0, 0.1) is 0 Å². The van der Waals surface area contributed by atoms with Gasteiger partial charge >= 0.3 is 0 Å². The van der Waals surface area contributed by atoms with Crippen molar-refractivity contribution >= 4 is 52.1 Å². The van der Waals surface area contributed by atoms with Crippen molar-refractivity contribution in [3.63, 3.8) is 0 Å². The molecule has 4 rings (SSSR count). The summed E-state index contributed by atoms with van der Waals surface area (Å²) < 4.78 is 5.66. The molecule has 1 aromatic heterocycles. The van der Waals surface area contributed by atoms with E-state index in [0.717, 1.165) is 25.3 Å². The molecule has 2 aromatic carbocycles. The molecule has 2 heterocycles. The van der Waals surface area contributed by atoms with Gasteiger partial charge in [0.1, 0.15) is 5.76 Å². The number of carbonyl (C=O) groups excluding carboxylic acids is 1. The van der Waals surface area contributed by atoms with Crippen LogP contribution in [0.2, 0.25) is 10.0 Å². The molecule has 0 aliphatic carbocycles. The minimum Gasteiger partial charge on any atom is -0.451 e. The van der Waals surface area contributed by atoms with Crippen LogP contribution in [0.5, 0.6) is 0 Å². The summed E-state index contributed by atoms with van der Waals surface area (Å²) in [7, 11) is 0. The van der Waals surface area contributed by atoms with Crippen LogP contribution in [-0.4, -0.2) is 29.0 Å². The molecular formula is C24H23Cl2N3O2S. The SMILES string of the molecule is O=C(NC(=S)Nc1ccc(CN2CCCCC2)cc1)c1ccc(-c2cccc(Cl)c2Cl)o1. The second-order valence-corrected chi connectivity index (χ2v) is 8.90. The number of likely N-dealkylation sites (tertiary alicyclic amines) is 1. The number of rotatable bonds is 5. The van der Waals surface area contributed by atoms with Crippen LogP contribution in [0.25, 0.3) is 11.3 Å². The number of hydrogen-bond acceptors (Lipinski definition) is 4. The van der Waals surface area contributed by atoms with E-state index in [0.29, 0.717) is 21.4 Å². The van der Waals surface area contributed by atoms with Gasteiger partial charge < -0.3 is 9.73 Å². The molecule has 0 radical (unpaired) electrons. The molecule has 1 aliphatic heterocycles. The lowest BCUT2D eigenvalue weighted by atomic mass is 10.1. The van der Waals surface area contributed by atoms with Gasteiger partial charge in [0.2, 0.25) is 0 Å². The van der Waals surface area contributed by atoms with E-state index < -0.39 is 5.91 Å². The Balaban J connectivity index is 1.32. The number of hydrogen-bond donors (Lipinski definition) is 2. The number of anilines is 1. The van der Waals surface area contributed by atoms with Gasteiger partial charge in [-0.2, -0.15) is 0 Å². The minimum absolute atomic E-state index is 0.122. The summed E-state index contributed by atoms with van der Waals surface area (Å²) in [5.74, 6) is 0.122. The third kappa shape index (κ3) is 5.70. The Kier molecular flexibility index (Phi) is 7.48. The molecule has 0 unspecified atom stereocenters. The van der Waals surface area contributed by atoms with Gasteiger partial charge in [-0.05, 0) is 80.1 Å². The van der Waals surface area contributed by atoms with Crippen LogP contribution in [0.4, 0.5) is 5.69 Å². The van der Waals surface area contributed by atoms with E-state index in [-0.39, 0.29) is 10.9 Å². The number of nitrogens with zero attached hydrogens (tertiary/aromatic N) is 1. The van der Waals surface area contributed by atoms with Crippen molar-refractivity contribution in [2.45, 2.75) is 25.8 Å². The Labute approximate surface area is 202 Å². The fraction of sp³-hybridized carbons (Fsp3) is 0.250. The summed E-state index contributed by atoms with van der Waals surface area (Å²) in [5.41, 5.74) is 2.68. The number of piperidine rings is 1. The fourth-order valence-corrected chi connectivity index (χ4v) is 4.30. The molecule has 0 bridgehead atoms. The number of furan rings is 1. The number of benzene rings is 2. The first-order valence-electron chi connectivity index (χ1n) is 10.5. The second-order valence-electron chi connectivity index (χ2n) is 7.71. The molecule has 1 aliphatic rings. The van der Waals surface area contributed by atoms with Gasteiger partial charge in [-0.25, -0.2) is 0 Å². The van der Waals surface area contributed by atoms with E-state index >= 15 is 0 Å². The van der Waals surface area contributed by atoms with E-state index in [1.165, 1.54) is 24.8 Å². The van der Waals surface area contributed by atoms with Crippen LogP contribution in [0.15, 0.2) is 59.0 Å². The first-order chi connectivity index (χ1) is 15.5. The van der Waals surface area contributed by atoms with Crippen molar-refractivity contribution in [2.24, 2.45) is 0 Å². The van der Waals surface area contributed by atoms with E-state index in [2.05, 4.69) is 27.7 Å². The molecule has 0 atom stereocenters. The van der Waals surface area contributed by atoms with Crippen LogP contribution in [0.3, 0.4) is 0 Å². The zero-order valence-corrected chi connectivity index (χ0v) is 19.7. The molecule has 1 fully saturated rings. The predicted octanol–water partition coefficient (Wildman–Crippen LogP) is 6.37. The van der Waals surface area contributed by atoms with Gasteiger partial charge in [-0.3, -0.25) is 15.0 Å². The van der Waals surface area contributed by atoms with E-state index in [1.54, 1.807) is 30.3 Å². The Morgan fingerprint density at radius 2 is 1.75 bits per heavy atom. The average molecular weight is 488 g/mol. The van der Waals surface area contributed by atoms with Gasteiger partial charge in [0.15, 0.2) is 10.9 Å². The summed E-state index contributed by atoms with van der Waals surface area (Å²) in [5, 5.41) is 6.65. The van der Waals surface area contributed by atoms with Crippen LogP contribution < -0.4 is 10.6 Å². The number of halogens is 2. The molecule has 0 spiro atoms. The zero-order chi connectivity index (χ0) is 22.5. The van der Waals surface area contributed by atoms with Crippen molar-refractivity contribution in [1.29, 1.82) is 0 Å². The summed E-state index contributed by atoms with van der Waals surface area (Å²) in [4.78, 5) is 15.0. The lowest BCUT2D eigenvalue weighted by Crippen LogP contribution is -2.33. The molecular weight excluding hydrogens is 465 g/mol. The van der Waals surface area contributed by atoms with Crippen molar-refractivity contribution in [3.8, 4) is 11.3 Å². The van der Waals surface area contributed by atoms with E-state index in [9.17, 15) is 4.79 Å². The van der Waals surface area contributed by atoms with E-state index in [4.69, 9.17) is 39.8 Å². The standard InChI is InChI=1S/C24H23Cl2N3O2S/c25-19-6-4-5-18(22(19)26)20-11-12-21(31-20)23(30)28-24(32)27-17-9-7-16(8-10-17)15-29-13-2-1-3-14-29/h4-12H,1-3,13-15H2,(H2,27,28,30,32). The number of carbonyl (C=O) groups is 1. The van der Waals surface area contributed by atoms with Crippen molar-refractivity contribution in [2.75, 3.05) is 18.4 Å². The van der Waals surface area contributed by atoms with Gasteiger partial charge in [0, 0.05) is 17.8 Å². The highest BCUT2D eigenvalue weighted by Crippen LogP contribution is 2.34. The Morgan fingerprint density at radius 1 is 1.00 bits per heavy atom. The highest BCUT2D eigenvalue weighted by molar-refractivity contribution is 7.80. The second kappa shape index (κ2) is 10.5. The molecule has 3 aromatic rings. The maximum atomic E-state index is 12.5. The lowest BCUT2D eigenvalue weighted by Gasteiger charge is -2.26. The first kappa shape index (κ1) is 22.8. The predicted molar refractivity (Wildman–Crippen MR) is 133 cm³/mol. The van der Waals surface area contributed by atoms with Crippen molar-refractivity contribution < 1.29 is 9.21 Å². The Hall–Kier alpha value is -2.38. The monoisotopic (exact) mass is 487 g/mol. The van der Waals surface area contributed by atoms with E-state index in [1.807, 2.05) is 12.1 Å². The topological polar surface area (TPSA) is 57.5 Å². The molecule has 32 heavy (non-hydrogen) atoms. The molecule has 8 heteroatoms. The van der Waals surface area contributed by atoms with Gasteiger partial charge in [0.25, 0.3) is 5.91 Å². The zero-order valence-electron chi connectivity index (χ0n) is 17.4. The van der Waals surface area contributed by atoms with Gasteiger partial charge in [0.05, 0.1) is 10.0 Å². The molecule has 0 saturated carbocycles. The molecule has 1 amide bonds. The number of thiocarbonyl (C=S) groups is 1. The van der Waals surface area contributed by atoms with Crippen molar-refractivity contribution in [3.05, 3.63) is 76.0 Å². The molecule has 1 saturated heterocycles. The smallest absolute Gasteiger partial charge is 0.293 e. The molecule has 166 valence electrons. The maximum Gasteiger partial charge on any atom is 0.293 e. The van der Waals surface area contributed by atoms with Gasteiger partial charge in [-0.1, -0.05) is 47.8 Å². The minimum atomic E-state index is -0.450. The third-order valence-corrected chi connectivity index (χ3v) is 6.36.